The van der Waals surface area contributed by atoms with Gasteiger partial charge in [-0.15, -0.1) is 0 Å². The van der Waals surface area contributed by atoms with E-state index in [1.165, 1.54) is 18.4 Å². The Morgan fingerprint density at radius 3 is 2.33 bits per heavy atom. The van der Waals surface area contributed by atoms with Crippen LogP contribution in [0, 0.1) is 11.8 Å². The van der Waals surface area contributed by atoms with Crippen LogP contribution in [-0.4, -0.2) is 19.2 Å². The number of rotatable bonds is 8. The summed E-state index contributed by atoms with van der Waals surface area (Å²) in [7, 11) is 1.76. The van der Waals surface area contributed by atoms with Crippen LogP contribution < -0.4 is 10.1 Å². The molecule has 0 aliphatic heterocycles. The highest BCUT2D eigenvalue weighted by atomic mass is 16.5. The molecule has 0 aromatic heterocycles. The Kier molecular flexibility index (Phi) is 7.24. The summed E-state index contributed by atoms with van der Waals surface area (Å²) < 4.78 is 5.50. The molecule has 2 nitrogen and oxygen atoms in total. The molecule has 0 saturated heterocycles. The lowest BCUT2D eigenvalue weighted by atomic mass is 9.90. The number of hydrogen-bond donors (Lipinski definition) is 1. The van der Waals surface area contributed by atoms with Gasteiger partial charge in [0.1, 0.15) is 5.75 Å². The predicted molar refractivity (Wildman–Crippen MR) is 92.0 cm³/mol. The molecule has 0 bridgehead atoms. The number of benzene rings is 1. The molecule has 2 heteroatoms. The van der Waals surface area contributed by atoms with Crippen molar-refractivity contribution in [3.8, 4) is 5.75 Å². The third kappa shape index (κ3) is 7.52. The van der Waals surface area contributed by atoms with E-state index in [0.29, 0.717) is 5.92 Å². The van der Waals surface area contributed by atoms with E-state index < -0.39 is 0 Å². The monoisotopic (exact) mass is 291 g/mol. The molecule has 0 amide bonds. The second-order valence-electron chi connectivity index (χ2n) is 7.48. The predicted octanol–water partition coefficient (Wildman–Crippen LogP) is 4.68. The van der Waals surface area contributed by atoms with Crippen molar-refractivity contribution in [2.24, 2.45) is 11.8 Å². The summed E-state index contributed by atoms with van der Waals surface area (Å²) >= 11 is 0. The first-order valence-electron chi connectivity index (χ1n) is 8.18. The Morgan fingerprint density at radius 1 is 1.10 bits per heavy atom. The largest absolute Gasteiger partial charge is 0.496 e. The highest BCUT2D eigenvalue weighted by Crippen LogP contribution is 2.24. The highest BCUT2D eigenvalue weighted by molar-refractivity contribution is 5.33. The Morgan fingerprint density at radius 2 is 1.76 bits per heavy atom. The van der Waals surface area contributed by atoms with Gasteiger partial charge < -0.3 is 10.1 Å². The number of hydrogen-bond acceptors (Lipinski definition) is 2. The van der Waals surface area contributed by atoms with E-state index in [0.717, 1.165) is 24.6 Å². The zero-order valence-corrected chi connectivity index (χ0v) is 14.7. The molecular weight excluding hydrogens is 258 g/mol. The van der Waals surface area contributed by atoms with Crippen molar-refractivity contribution in [3.63, 3.8) is 0 Å². The maximum atomic E-state index is 5.50. The zero-order valence-electron chi connectivity index (χ0n) is 14.7. The minimum absolute atomic E-state index is 0.177. The number of nitrogens with one attached hydrogen (secondary N) is 1. The molecule has 0 radical (unpaired) electrons. The SMILES string of the molecule is COc1ccccc1CC(CCC(C)C)CNC(C)(C)C. The highest BCUT2D eigenvalue weighted by Gasteiger charge is 2.16. The van der Waals surface area contributed by atoms with Crippen LogP contribution in [-0.2, 0) is 6.42 Å². The minimum Gasteiger partial charge on any atom is -0.496 e. The molecule has 0 spiro atoms. The number of para-hydroxylation sites is 1. The fraction of sp³-hybridized carbons (Fsp3) is 0.684. The second-order valence-corrected chi connectivity index (χ2v) is 7.48. The van der Waals surface area contributed by atoms with Crippen molar-refractivity contribution in [1.29, 1.82) is 0 Å². The van der Waals surface area contributed by atoms with Gasteiger partial charge in [0.05, 0.1) is 7.11 Å². The van der Waals surface area contributed by atoms with E-state index in [9.17, 15) is 0 Å². The van der Waals surface area contributed by atoms with Gasteiger partial charge in [0, 0.05) is 5.54 Å². The Balaban J connectivity index is 2.70. The van der Waals surface area contributed by atoms with Crippen LogP contribution in [0.4, 0.5) is 0 Å². The zero-order chi connectivity index (χ0) is 15.9. The minimum atomic E-state index is 0.177. The second kappa shape index (κ2) is 8.43. The number of ether oxygens (including phenoxy) is 1. The molecule has 0 saturated carbocycles. The molecule has 0 heterocycles. The third-order valence-corrected chi connectivity index (χ3v) is 3.77. The molecule has 0 fully saturated rings. The first-order valence-corrected chi connectivity index (χ1v) is 8.18. The molecule has 120 valence electrons. The molecular formula is C19H33NO. The van der Waals surface area contributed by atoms with Crippen LogP contribution in [0.3, 0.4) is 0 Å². The van der Waals surface area contributed by atoms with Crippen molar-refractivity contribution >= 4 is 0 Å². The van der Waals surface area contributed by atoms with Gasteiger partial charge in [-0.05, 0) is 63.6 Å². The van der Waals surface area contributed by atoms with Gasteiger partial charge in [0.25, 0.3) is 0 Å². The van der Waals surface area contributed by atoms with Crippen LogP contribution in [0.5, 0.6) is 5.75 Å². The Bertz CT molecular complexity index is 406. The molecule has 1 unspecified atom stereocenters. The van der Waals surface area contributed by atoms with Crippen molar-refractivity contribution < 1.29 is 4.74 Å². The smallest absolute Gasteiger partial charge is 0.122 e. The van der Waals surface area contributed by atoms with Gasteiger partial charge in [-0.1, -0.05) is 38.5 Å². The quantitative estimate of drug-likeness (QED) is 0.751. The average Bonchev–Trinajstić information content (AvgIpc) is 2.41. The van der Waals surface area contributed by atoms with E-state index in [2.05, 4.69) is 58.1 Å². The van der Waals surface area contributed by atoms with Crippen molar-refractivity contribution in [3.05, 3.63) is 29.8 Å². The van der Waals surface area contributed by atoms with E-state index in [1.807, 2.05) is 6.07 Å². The van der Waals surface area contributed by atoms with Gasteiger partial charge in [-0.3, -0.25) is 0 Å². The Hall–Kier alpha value is -1.02. The summed E-state index contributed by atoms with van der Waals surface area (Å²) in [5, 5.41) is 3.66. The molecule has 21 heavy (non-hydrogen) atoms. The van der Waals surface area contributed by atoms with E-state index in [4.69, 9.17) is 4.74 Å². The summed E-state index contributed by atoms with van der Waals surface area (Å²) in [6.45, 7) is 12.4. The lowest BCUT2D eigenvalue weighted by molar-refractivity contribution is 0.336. The molecule has 0 aliphatic carbocycles. The van der Waals surface area contributed by atoms with Crippen LogP contribution >= 0.6 is 0 Å². The van der Waals surface area contributed by atoms with Crippen LogP contribution in [0.2, 0.25) is 0 Å². The van der Waals surface area contributed by atoms with Gasteiger partial charge >= 0.3 is 0 Å². The fourth-order valence-electron chi connectivity index (χ4n) is 2.48. The molecule has 0 aliphatic rings. The van der Waals surface area contributed by atoms with Crippen molar-refractivity contribution in [2.45, 2.75) is 59.4 Å². The molecule has 1 N–H and O–H groups in total. The maximum absolute atomic E-state index is 5.50. The van der Waals surface area contributed by atoms with E-state index in [-0.39, 0.29) is 5.54 Å². The molecule has 1 aromatic carbocycles. The van der Waals surface area contributed by atoms with Gasteiger partial charge in [-0.25, -0.2) is 0 Å². The first-order chi connectivity index (χ1) is 9.81. The topological polar surface area (TPSA) is 21.3 Å². The lowest BCUT2D eigenvalue weighted by Crippen LogP contribution is -2.39. The summed E-state index contributed by atoms with van der Waals surface area (Å²) in [5.74, 6) is 2.44. The Labute approximate surface area is 131 Å². The molecule has 1 atom stereocenters. The van der Waals surface area contributed by atoms with E-state index >= 15 is 0 Å². The lowest BCUT2D eigenvalue weighted by Gasteiger charge is -2.26. The standard InChI is InChI=1S/C19H33NO/c1-15(2)11-12-16(14-20-19(3,4)5)13-17-9-7-8-10-18(17)21-6/h7-10,15-16,20H,11-14H2,1-6H3. The first kappa shape index (κ1) is 18.0. The summed E-state index contributed by atoms with van der Waals surface area (Å²) in [6, 6.07) is 8.40. The van der Waals surface area contributed by atoms with Crippen LogP contribution in [0.25, 0.3) is 0 Å². The van der Waals surface area contributed by atoms with Crippen molar-refractivity contribution in [2.75, 3.05) is 13.7 Å². The van der Waals surface area contributed by atoms with Gasteiger partial charge in [0.2, 0.25) is 0 Å². The summed E-state index contributed by atoms with van der Waals surface area (Å²) in [4.78, 5) is 0. The summed E-state index contributed by atoms with van der Waals surface area (Å²) in [5.41, 5.74) is 1.50. The average molecular weight is 291 g/mol. The summed E-state index contributed by atoms with van der Waals surface area (Å²) in [6.07, 6.45) is 3.63. The van der Waals surface area contributed by atoms with Crippen LogP contribution in [0.15, 0.2) is 24.3 Å². The van der Waals surface area contributed by atoms with Crippen molar-refractivity contribution in [1.82, 2.24) is 5.32 Å². The third-order valence-electron chi connectivity index (χ3n) is 3.77. The fourth-order valence-corrected chi connectivity index (χ4v) is 2.48. The van der Waals surface area contributed by atoms with Crippen LogP contribution in [0.1, 0.15) is 53.0 Å². The molecule has 1 aromatic rings. The molecule has 1 rings (SSSR count). The number of methoxy groups -OCH3 is 1. The normalized spacial score (nSPS) is 13.5. The van der Waals surface area contributed by atoms with Gasteiger partial charge in [-0.2, -0.15) is 0 Å². The van der Waals surface area contributed by atoms with E-state index in [1.54, 1.807) is 7.11 Å². The maximum Gasteiger partial charge on any atom is 0.122 e. The van der Waals surface area contributed by atoms with Gasteiger partial charge in [0.15, 0.2) is 0 Å².